The van der Waals surface area contributed by atoms with E-state index in [1.54, 1.807) is 0 Å². The smallest absolute Gasteiger partial charge is 0.000706 e. The lowest BCUT2D eigenvalue weighted by Gasteiger charge is -1.82. The van der Waals surface area contributed by atoms with Crippen LogP contribution < -0.4 is 5.32 Å². The summed E-state index contributed by atoms with van der Waals surface area (Å²) in [6.45, 7) is 2.06. The van der Waals surface area contributed by atoms with Crippen LogP contribution in [0.25, 0.3) is 0 Å². The number of allylic oxidation sites excluding steroid dienone is 4. The molecule has 42 valence electrons. The van der Waals surface area contributed by atoms with Crippen LogP contribution in [-0.4, -0.2) is 0 Å². The van der Waals surface area contributed by atoms with E-state index >= 15 is 0 Å². The van der Waals surface area contributed by atoms with E-state index in [0.29, 0.717) is 0 Å². The van der Waals surface area contributed by atoms with Gasteiger partial charge in [0, 0.05) is 12.4 Å². The minimum atomic E-state index is 1.27. The standard InChI is InChI=1S/C7H9N/c1-7-3-2-5-8-6-4-7/h2-6,8H,1H3. The molecular weight excluding hydrogens is 98.1 g/mol. The van der Waals surface area contributed by atoms with Gasteiger partial charge in [0.05, 0.1) is 0 Å². The molecule has 0 aromatic carbocycles. The van der Waals surface area contributed by atoms with E-state index in [1.807, 2.05) is 24.6 Å². The fourth-order valence-electron chi connectivity index (χ4n) is 0.546. The maximum Gasteiger partial charge on any atom is 0.000706 e. The molecule has 0 saturated carbocycles. The Labute approximate surface area is 49.4 Å². The van der Waals surface area contributed by atoms with Crippen LogP contribution >= 0.6 is 0 Å². The van der Waals surface area contributed by atoms with Crippen molar-refractivity contribution in [2.75, 3.05) is 0 Å². The predicted molar refractivity (Wildman–Crippen MR) is 35.2 cm³/mol. The third-order valence-electron chi connectivity index (χ3n) is 0.994. The minimum absolute atomic E-state index is 1.27. The van der Waals surface area contributed by atoms with Crippen molar-refractivity contribution >= 4 is 0 Å². The molecule has 1 aliphatic heterocycles. The van der Waals surface area contributed by atoms with Gasteiger partial charge in [-0.25, -0.2) is 0 Å². The second-order valence-electron chi connectivity index (χ2n) is 1.77. The SMILES string of the molecule is CC1=CC=CNC=C1. The highest BCUT2D eigenvalue weighted by atomic mass is 14.8. The third-order valence-corrected chi connectivity index (χ3v) is 0.994. The number of hydrogen-bond donors (Lipinski definition) is 1. The Balaban J connectivity index is 2.73. The van der Waals surface area contributed by atoms with Crippen LogP contribution in [0.15, 0.2) is 36.2 Å². The largest absolute Gasteiger partial charge is 0.368 e. The van der Waals surface area contributed by atoms with Gasteiger partial charge in [-0.3, -0.25) is 0 Å². The first kappa shape index (κ1) is 5.16. The zero-order chi connectivity index (χ0) is 5.82. The lowest BCUT2D eigenvalue weighted by atomic mass is 10.3. The molecule has 0 radical (unpaired) electrons. The van der Waals surface area contributed by atoms with Gasteiger partial charge in [0.25, 0.3) is 0 Å². The molecule has 0 aromatic rings. The molecule has 0 atom stereocenters. The van der Waals surface area contributed by atoms with E-state index in [9.17, 15) is 0 Å². The molecule has 0 aliphatic carbocycles. The molecule has 1 N–H and O–H groups in total. The molecule has 1 heterocycles. The van der Waals surface area contributed by atoms with Gasteiger partial charge in [0.15, 0.2) is 0 Å². The molecule has 0 fully saturated rings. The summed E-state index contributed by atoms with van der Waals surface area (Å²) in [5, 5.41) is 2.96. The molecule has 8 heavy (non-hydrogen) atoms. The van der Waals surface area contributed by atoms with Crippen LogP contribution in [0.3, 0.4) is 0 Å². The summed E-state index contributed by atoms with van der Waals surface area (Å²) in [5.41, 5.74) is 1.27. The van der Waals surface area contributed by atoms with Crippen LogP contribution in [-0.2, 0) is 0 Å². The third kappa shape index (κ3) is 1.26. The van der Waals surface area contributed by atoms with Crippen molar-refractivity contribution in [3.63, 3.8) is 0 Å². The molecule has 0 spiro atoms. The summed E-state index contributed by atoms with van der Waals surface area (Å²) in [7, 11) is 0. The topological polar surface area (TPSA) is 12.0 Å². The van der Waals surface area contributed by atoms with Gasteiger partial charge in [-0.1, -0.05) is 6.08 Å². The quantitative estimate of drug-likeness (QED) is 0.495. The lowest BCUT2D eigenvalue weighted by molar-refractivity contribution is 1.20. The normalized spacial score (nSPS) is 16.9. The van der Waals surface area contributed by atoms with Gasteiger partial charge in [0.2, 0.25) is 0 Å². The molecular formula is C7H9N. The number of nitrogens with one attached hydrogen (secondary N) is 1. The van der Waals surface area contributed by atoms with Gasteiger partial charge in [0.1, 0.15) is 0 Å². The zero-order valence-corrected chi connectivity index (χ0v) is 4.89. The second kappa shape index (κ2) is 2.36. The summed E-state index contributed by atoms with van der Waals surface area (Å²) in [6.07, 6.45) is 9.87. The van der Waals surface area contributed by atoms with Gasteiger partial charge < -0.3 is 5.32 Å². The van der Waals surface area contributed by atoms with Crippen LogP contribution in [0.1, 0.15) is 6.92 Å². The minimum Gasteiger partial charge on any atom is -0.368 e. The molecule has 0 aromatic heterocycles. The van der Waals surface area contributed by atoms with Crippen molar-refractivity contribution in [1.82, 2.24) is 5.32 Å². The monoisotopic (exact) mass is 107 g/mol. The number of rotatable bonds is 0. The van der Waals surface area contributed by atoms with Crippen molar-refractivity contribution in [1.29, 1.82) is 0 Å². The van der Waals surface area contributed by atoms with Crippen molar-refractivity contribution in [3.05, 3.63) is 36.2 Å². The van der Waals surface area contributed by atoms with Crippen LogP contribution in [0, 0.1) is 0 Å². The highest BCUT2D eigenvalue weighted by molar-refractivity contribution is 5.23. The molecule has 0 amide bonds. The lowest BCUT2D eigenvalue weighted by Crippen LogP contribution is -1.87. The van der Waals surface area contributed by atoms with Crippen LogP contribution in [0.2, 0.25) is 0 Å². The summed E-state index contributed by atoms with van der Waals surface area (Å²) in [5.74, 6) is 0. The first-order valence-electron chi connectivity index (χ1n) is 2.65. The molecule has 0 saturated heterocycles. The Kier molecular flexibility index (Phi) is 1.52. The van der Waals surface area contributed by atoms with E-state index < -0.39 is 0 Å². The molecule has 1 heteroatoms. The fraction of sp³-hybridized carbons (Fsp3) is 0.143. The van der Waals surface area contributed by atoms with Crippen LogP contribution in [0.4, 0.5) is 0 Å². The van der Waals surface area contributed by atoms with Crippen molar-refractivity contribution in [3.8, 4) is 0 Å². The maximum absolute atomic E-state index is 2.96. The Morgan fingerprint density at radius 3 is 3.12 bits per heavy atom. The zero-order valence-electron chi connectivity index (χ0n) is 4.89. The van der Waals surface area contributed by atoms with Crippen molar-refractivity contribution in [2.45, 2.75) is 6.92 Å². The highest BCUT2D eigenvalue weighted by Gasteiger charge is 1.79. The first-order valence-corrected chi connectivity index (χ1v) is 2.65. The molecule has 1 aliphatic rings. The molecule has 1 rings (SSSR count). The predicted octanol–water partition coefficient (Wildman–Crippen LogP) is 1.56. The van der Waals surface area contributed by atoms with E-state index in [4.69, 9.17) is 0 Å². The van der Waals surface area contributed by atoms with Crippen LogP contribution in [0.5, 0.6) is 0 Å². The summed E-state index contributed by atoms with van der Waals surface area (Å²) in [6, 6.07) is 0. The Hall–Kier alpha value is -0.980. The number of hydrogen-bond acceptors (Lipinski definition) is 1. The Morgan fingerprint density at radius 2 is 2.25 bits per heavy atom. The van der Waals surface area contributed by atoms with Gasteiger partial charge in [-0.05, 0) is 24.6 Å². The summed E-state index contributed by atoms with van der Waals surface area (Å²) >= 11 is 0. The molecule has 1 nitrogen and oxygen atoms in total. The molecule has 0 bridgehead atoms. The Morgan fingerprint density at radius 1 is 1.38 bits per heavy atom. The van der Waals surface area contributed by atoms with Gasteiger partial charge in [-0.15, -0.1) is 0 Å². The second-order valence-corrected chi connectivity index (χ2v) is 1.77. The van der Waals surface area contributed by atoms with Crippen molar-refractivity contribution in [2.24, 2.45) is 0 Å². The molecule has 0 unspecified atom stereocenters. The average Bonchev–Trinajstić information content (AvgIpc) is 1.94. The maximum atomic E-state index is 2.96. The van der Waals surface area contributed by atoms with Crippen molar-refractivity contribution < 1.29 is 0 Å². The average molecular weight is 107 g/mol. The van der Waals surface area contributed by atoms with Gasteiger partial charge >= 0.3 is 0 Å². The van der Waals surface area contributed by atoms with E-state index in [2.05, 4.69) is 18.3 Å². The Bertz CT molecular complexity index is 152. The summed E-state index contributed by atoms with van der Waals surface area (Å²) < 4.78 is 0. The van der Waals surface area contributed by atoms with E-state index in [1.165, 1.54) is 5.57 Å². The van der Waals surface area contributed by atoms with E-state index in [-0.39, 0.29) is 0 Å². The first-order chi connectivity index (χ1) is 3.89. The summed E-state index contributed by atoms with van der Waals surface area (Å²) in [4.78, 5) is 0. The highest BCUT2D eigenvalue weighted by Crippen LogP contribution is 1.95. The van der Waals surface area contributed by atoms with Gasteiger partial charge in [-0.2, -0.15) is 0 Å². The van der Waals surface area contributed by atoms with E-state index in [0.717, 1.165) is 0 Å². The fourth-order valence-corrected chi connectivity index (χ4v) is 0.546.